The molecule has 0 N–H and O–H groups in total. The molecule has 2 aromatic heterocycles. The summed E-state index contributed by atoms with van der Waals surface area (Å²) in [7, 11) is 0. The highest BCUT2D eigenvalue weighted by atomic mass is 16.1. The van der Waals surface area contributed by atoms with Gasteiger partial charge < -0.3 is 4.57 Å². The van der Waals surface area contributed by atoms with Gasteiger partial charge in [-0.2, -0.15) is 0 Å². The maximum absolute atomic E-state index is 10.5. The Morgan fingerprint density at radius 1 is 1.50 bits per heavy atom. The predicted molar refractivity (Wildman–Crippen MR) is 49.9 cm³/mol. The number of carbonyl (C=O) groups excluding carboxylic acids is 1. The summed E-state index contributed by atoms with van der Waals surface area (Å²) in [6.45, 7) is 0.763. The van der Waals surface area contributed by atoms with Crippen LogP contribution in [0.15, 0.2) is 24.7 Å². The Balaban J connectivity index is 2.24. The number of imidazole rings is 1. The summed E-state index contributed by atoms with van der Waals surface area (Å²) in [5.74, 6) is 0.865. The van der Waals surface area contributed by atoms with Crippen molar-refractivity contribution in [1.82, 2.24) is 14.5 Å². The molecule has 0 saturated heterocycles. The second-order valence-corrected chi connectivity index (χ2v) is 3.27. The van der Waals surface area contributed by atoms with Gasteiger partial charge in [-0.3, -0.25) is 9.78 Å². The van der Waals surface area contributed by atoms with Crippen LogP contribution in [0.4, 0.5) is 0 Å². The van der Waals surface area contributed by atoms with Crippen molar-refractivity contribution in [2.45, 2.75) is 6.54 Å². The lowest BCUT2D eigenvalue weighted by molar-refractivity contribution is 0.111. The molecule has 0 unspecified atom stereocenters. The van der Waals surface area contributed by atoms with Gasteiger partial charge in [-0.1, -0.05) is 0 Å². The van der Waals surface area contributed by atoms with Gasteiger partial charge in [0.05, 0.1) is 6.54 Å². The standard InChI is InChI=1S/C10H7N3O/c14-6-8-5-13-4-7-3-11-2-1-9(7)10(13)12-8/h1-3,5-6H,4H2. The summed E-state index contributed by atoms with van der Waals surface area (Å²) in [4.78, 5) is 18.8. The summed E-state index contributed by atoms with van der Waals surface area (Å²) < 4.78 is 1.97. The Kier molecular flexibility index (Phi) is 1.33. The largest absolute Gasteiger partial charge is 0.326 e. The maximum atomic E-state index is 10.5. The van der Waals surface area contributed by atoms with Crippen molar-refractivity contribution in [3.63, 3.8) is 0 Å². The van der Waals surface area contributed by atoms with Crippen molar-refractivity contribution in [3.8, 4) is 11.4 Å². The van der Waals surface area contributed by atoms with Crippen LogP contribution in [0.5, 0.6) is 0 Å². The molecule has 1 aliphatic heterocycles. The highest BCUT2D eigenvalue weighted by molar-refractivity contribution is 5.75. The number of pyridine rings is 1. The number of hydrogen-bond acceptors (Lipinski definition) is 3. The first-order chi connectivity index (χ1) is 6.88. The summed E-state index contributed by atoms with van der Waals surface area (Å²) >= 11 is 0. The van der Waals surface area contributed by atoms with Crippen molar-refractivity contribution in [2.24, 2.45) is 0 Å². The topological polar surface area (TPSA) is 47.8 Å². The molecule has 0 fully saturated rings. The Labute approximate surface area is 80.2 Å². The molecular formula is C10H7N3O. The fraction of sp³-hybridized carbons (Fsp3) is 0.100. The number of aldehydes is 1. The molecule has 0 amide bonds. The van der Waals surface area contributed by atoms with Crippen molar-refractivity contribution in [2.75, 3.05) is 0 Å². The van der Waals surface area contributed by atoms with Crippen LogP contribution >= 0.6 is 0 Å². The van der Waals surface area contributed by atoms with Crippen molar-refractivity contribution < 1.29 is 4.79 Å². The molecular weight excluding hydrogens is 178 g/mol. The van der Waals surface area contributed by atoms with E-state index in [9.17, 15) is 4.79 Å². The molecule has 1 aliphatic rings. The van der Waals surface area contributed by atoms with Gasteiger partial charge in [0, 0.05) is 29.7 Å². The van der Waals surface area contributed by atoms with Crippen LogP contribution in [0.1, 0.15) is 16.1 Å². The van der Waals surface area contributed by atoms with Crippen molar-refractivity contribution in [1.29, 1.82) is 0 Å². The van der Waals surface area contributed by atoms with E-state index in [1.54, 1.807) is 12.4 Å². The van der Waals surface area contributed by atoms with Crippen LogP contribution in [-0.2, 0) is 6.54 Å². The smallest absolute Gasteiger partial charge is 0.170 e. The van der Waals surface area contributed by atoms with Crippen LogP contribution in [0.2, 0.25) is 0 Å². The van der Waals surface area contributed by atoms with E-state index in [1.165, 1.54) is 0 Å². The highest BCUT2D eigenvalue weighted by Gasteiger charge is 2.20. The molecule has 0 aromatic carbocycles. The van der Waals surface area contributed by atoms with Gasteiger partial charge >= 0.3 is 0 Å². The van der Waals surface area contributed by atoms with E-state index in [0.29, 0.717) is 5.69 Å². The van der Waals surface area contributed by atoms with E-state index in [1.807, 2.05) is 16.8 Å². The summed E-state index contributed by atoms with van der Waals surface area (Å²) in [6, 6.07) is 1.93. The Morgan fingerprint density at radius 2 is 2.43 bits per heavy atom. The molecule has 0 atom stereocenters. The van der Waals surface area contributed by atoms with Crippen molar-refractivity contribution in [3.05, 3.63) is 35.9 Å². The molecule has 0 bridgehead atoms. The maximum Gasteiger partial charge on any atom is 0.170 e. The summed E-state index contributed by atoms with van der Waals surface area (Å²) in [6.07, 6.45) is 6.11. The molecule has 4 heteroatoms. The van der Waals surface area contributed by atoms with Crippen LogP contribution in [0.3, 0.4) is 0 Å². The molecule has 0 radical (unpaired) electrons. The molecule has 2 aromatic rings. The Hall–Kier alpha value is -1.97. The van der Waals surface area contributed by atoms with Gasteiger partial charge in [0.15, 0.2) is 6.29 Å². The fourth-order valence-electron chi connectivity index (χ4n) is 1.78. The fourth-order valence-corrected chi connectivity index (χ4v) is 1.78. The molecule has 3 rings (SSSR count). The number of nitrogens with zero attached hydrogens (tertiary/aromatic N) is 3. The minimum atomic E-state index is 0.488. The molecule has 0 aliphatic carbocycles. The van der Waals surface area contributed by atoms with Crippen LogP contribution in [0, 0.1) is 0 Å². The van der Waals surface area contributed by atoms with Gasteiger partial charge in [0.25, 0.3) is 0 Å². The lowest BCUT2D eigenvalue weighted by atomic mass is 10.2. The second-order valence-electron chi connectivity index (χ2n) is 3.27. The molecule has 0 spiro atoms. The van der Waals surface area contributed by atoms with Crippen LogP contribution in [0.25, 0.3) is 11.4 Å². The minimum Gasteiger partial charge on any atom is -0.326 e. The van der Waals surface area contributed by atoms with E-state index in [2.05, 4.69) is 9.97 Å². The zero-order valence-electron chi connectivity index (χ0n) is 7.34. The van der Waals surface area contributed by atoms with Gasteiger partial charge in [-0.25, -0.2) is 4.98 Å². The van der Waals surface area contributed by atoms with Gasteiger partial charge in [0.1, 0.15) is 11.5 Å². The Morgan fingerprint density at radius 3 is 3.29 bits per heavy atom. The first-order valence-corrected chi connectivity index (χ1v) is 4.34. The van der Waals surface area contributed by atoms with Gasteiger partial charge in [0.2, 0.25) is 0 Å². The van der Waals surface area contributed by atoms with E-state index in [-0.39, 0.29) is 0 Å². The molecule has 3 heterocycles. The minimum absolute atomic E-state index is 0.488. The quantitative estimate of drug-likeness (QED) is 0.534. The third-order valence-corrected chi connectivity index (χ3v) is 2.40. The average Bonchev–Trinajstić information content (AvgIpc) is 2.73. The van der Waals surface area contributed by atoms with Crippen LogP contribution in [-0.4, -0.2) is 20.8 Å². The lowest BCUT2D eigenvalue weighted by Gasteiger charge is -1.93. The van der Waals surface area contributed by atoms with E-state index in [0.717, 1.165) is 29.8 Å². The van der Waals surface area contributed by atoms with E-state index >= 15 is 0 Å². The number of hydrogen-bond donors (Lipinski definition) is 0. The van der Waals surface area contributed by atoms with Crippen LogP contribution < -0.4 is 0 Å². The SMILES string of the molecule is O=Cc1cn2c(n1)-c1ccncc1C2. The Bertz CT molecular complexity index is 516. The second kappa shape index (κ2) is 2.51. The monoisotopic (exact) mass is 185 g/mol. The first-order valence-electron chi connectivity index (χ1n) is 4.34. The number of aromatic nitrogens is 3. The molecule has 0 saturated carbocycles. The van der Waals surface area contributed by atoms with E-state index in [4.69, 9.17) is 0 Å². The number of carbonyl (C=O) groups is 1. The zero-order chi connectivity index (χ0) is 9.54. The lowest BCUT2D eigenvalue weighted by Crippen LogP contribution is -1.90. The van der Waals surface area contributed by atoms with Crippen molar-refractivity contribution >= 4 is 6.29 Å². The average molecular weight is 185 g/mol. The molecule has 14 heavy (non-hydrogen) atoms. The molecule has 68 valence electrons. The zero-order valence-corrected chi connectivity index (χ0v) is 7.34. The van der Waals surface area contributed by atoms with Gasteiger partial charge in [-0.05, 0) is 6.07 Å². The van der Waals surface area contributed by atoms with E-state index < -0.39 is 0 Å². The normalized spacial score (nSPS) is 12.3. The number of fused-ring (bicyclic) bond motifs is 3. The third kappa shape index (κ3) is 0.849. The molecule has 4 nitrogen and oxygen atoms in total. The predicted octanol–water partition coefficient (Wildman–Crippen LogP) is 1.12. The summed E-state index contributed by atoms with van der Waals surface area (Å²) in [5, 5.41) is 0. The number of rotatable bonds is 1. The van der Waals surface area contributed by atoms with Gasteiger partial charge in [-0.15, -0.1) is 0 Å². The highest BCUT2D eigenvalue weighted by Crippen LogP contribution is 2.29. The third-order valence-electron chi connectivity index (χ3n) is 2.40. The summed E-state index contributed by atoms with van der Waals surface area (Å²) in [5.41, 5.74) is 2.73. The first kappa shape index (κ1) is 7.44.